The molecule has 1 aromatic carbocycles. The van der Waals surface area contributed by atoms with Gasteiger partial charge in [0, 0.05) is 5.69 Å². The minimum Gasteiger partial charge on any atom is -0.484 e. The number of anilines is 1. The lowest BCUT2D eigenvalue weighted by molar-refractivity contribution is 0.260. The SMILES string of the molecule is Cc1cnc(COc2ccc(N)cc2)o1. The predicted molar refractivity (Wildman–Crippen MR) is 56.4 cm³/mol. The number of nitrogen functional groups attached to an aromatic ring is 1. The zero-order chi connectivity index (χ0) is 10.7. The number of nitrogens with zero attached hydrogens (tertiary/aromatic N) is 1. The Morgan fingerprint density at radius 3 is 2.67 bits per heavy atom. The second-order valence-corrected chi connectivity index (χ2v) is 3.22. The van der Waals surface area contributed by atoms with E-state index in [2.05, 4.69) is 4.98 Å². The van der Waals surface area contributed by atoms with E-state index in [1.54, 1.807) is 18.3 Å². The van der Waals surface area contributed by atoms with Crippen molar-refractivity contribution in [2.24, 2.45) is 0 Å². The Bertz CT molecular complexity index is 434. The second-order valence-electron chi connectivity index (χ2n) is 3.22. The standard InChI is InChI=1S/C11H12N2O2/c1-8-6-13-11(15-8)7-14-10-4-2-9(12)3-5-10/h2-6H,7,12H2,1H3. The minimum absolute atomic E-state index is 0.331. The summed E-state index contributed by atoms with van der Waals surface area (Å²) in [4.78, 5) is 4.03. The van der Waals surface area contributed by atoms with Gasteiger partial charge in [-0.05, 0) is 31.2 Å². The van der Waals surface area contributed by atoms with Crippen LogP contribution < -0.4 is 10.5 Å². The summed E-state index contributed by atoms with van der Waals surface area (Å²) in [6.45, 7) is 2.18. The first-order valence-corrected chi connectivity index (χ1v) is 4.64. The van der Waals surface area contributed by atoms with Crippen molar-refractivity contribution in [3.8, 4) is 5.75 Å². The van der Waals surface area contributed by atoms with Crippen LogP contribution in [0.4, 0.5) is 5.69 Å². The second kappa shape index (κ2) is 4.04. The number of nitrogens with two attached hydrogens (primary N) is 1. The van der Waals surface area contributed by atoms with Crippen LogP contribution >= 0.6 is 0 Å². The molecule has 0 atom stereocenters. The molecule has 0 aliphatic rings. The van der Waals surface area contributed by atoms with Gasteiger partial charge in [-0.3, -0.25) is 0 Å². The highest BCUT2D eigenvalue weighted by Gasteiger charge is 2.01. The van der Waals surface area contributed by atoms with Gasteiger partial charge in [0.25, 0.3) is 0 Å². The van der Waals surface area contributed by atoms with Gasteiger partial charge in [0.1, 0.15) is 11.5 Å². The number of rotatable bonds is 3. The van der Waals surface area contributed by atoms with Gasteiger partial charge in [0.15, 0.2) is 6.61 Å². The van der Waals surface area contributed by atoms with Crippen molar-refractivity contribution in [1.29, 1.82) is 0 Å². The molecule has 2 N–H and O–H groups in total. The number of ether oxygens (including phenoxy) is 1. The van der Waals surface area contributed by atoms with E-state index in [9.17, 15) is 0 Å². The molecule has 2 aromatic rings. The molecule has 0 aliphatic heterocycles. The molecular formula is C11H12N2O2. The van der Waals surface area contributed by atoms with Gasteiger partial charge < -0.3 is 14.9 Å². The van der Waals surface area contributed by atoms with Gasteiger partial charge in [0.05, 0.1) is 6.20 Å². The molecule has 15 heavy (non-hydrogen) atoms. The van der Waals surface area contributed by atoms with E-state index in [0.717, 1.165) is 11.5 Å². The highest BCUT2D eigenvalue weighted by Crippen LogP contribution is 2.14. The van der Waals surface area contributed by atoms with Crippen molar-refractivity contribution in [3.63, 3.8) is 0 Å². The minimum atomic E-state index is 0.331. The summed E-state index contributed by atoms with van der Waals surface area (Å²) in [6, 6.07) is 7.20. The van der Waals surface area contributed by atoms with E-state index in [4.69, 9.17) is 14.9 Å². The molecule has 1 heterocycles. The van der Waals surface area contributed by atoms with E-state index in [-0.39, 0.29) is 0 Å². The van der Waals surface area contributed by atoms with Gasteiger partial charge >= 0.3 is 0 Å². The summed E-state index contributed by atoms with van der Waals surface area (Å²) in [5, 5.41) is 0. The molecule has 0 saturated heterocycles. The van der Waals surface area contributed by atoms with Gasteiger partial charge in [0.2, 0.25) is 5.89 Å². The summed E-state index contributed by atoms with van der Waals surface area (Å²) in [6.07, 6.45) is 1.67. The molecule has 2 rings (SSSR count). The molecule has 78 valence electrons. The molecule has 0 aliphatic carbocycles. The largest absolute Gasteiger partial charge is 0.484 e. The molecule has 4 nitrogen and oxygen atoms in total. The third-order valence-corrected chi connectivity index (χ3v) is 1.91. The van der Waals surface area contributed by atoms with Crippen molar-refractivity contribution >= 4 is 5.69 Å². The fraction of sp³-hybridized carbons (Fsp3) is 0.182. The maximum Gasteiger partial charge on any atom is 0.232 e. The molecule has 0 bridgehead atoms. The lowest BCUT2D eigenvalue weighted by Crippen LogP contribution is -1.95. The zero-order valence-electron chi connectivity index (χ0n) is 8.43. The maximum atomic E-state index is 5.55. The number of oxazole rings is 1. The summed E-state index contributed by atoms with van der Waals surface area (Å²) >= 11 is 0. The Morgan fingerprint density at radius 2 is 2.07 bits per heavy atom. The topological polar surface area (TPSA) is 61.3 Å². The monoisotopic (exact) mass is 204 g/mol. The van der Waals surface area contributed by atoms with Crippen molar-refractivity contribution in [3.05, 3.63) is 42.1 Å². The Kier molecular flexibility index (Phi) is 2.58. The van der Waals surface area contributed by atoms with Crippen LogP contribution in [0, 0.1) is 6.92 Å². The quantitative estimate of drug-likeness (QED) is 0.778. The lowest BCUT2D eigenvalue weighted by atomic mass is 10.3. The van der Waals surface area contributed by atoms with E-state index >= 15 is 0 Å². The molecule has 0 radical (unpaired) electrons. The first-order chi connectivity index (χ1) is 7.24. The van der Waals surface area contributed by atoms with Crippen molar-refractivity contribution in [1.82, 2.24) is 4.98 Å². The average molecular weight is 204 g/mol. The summed E-state index contributed by atoms with van der Waals surface area (Å²) in [5.74, 6) is 2.11. The number of benzene rings is 1. The number of aryl methyl sites for hydroxylation is 1. The normalized spacial score (nSPS) is 10.2. The first kappa shape index (κ1) is 9.58. The van der Waals surface area contributed by atoms with Crippen molar-refractivity contribution in [2.75, 3.05) is 5.73 Å². The van der Waals surface area contributed by atoms with Crippen LogP contribution in [0.15, 0.2) is 34.9 Å². The Labute approximate surface area is 87.7 Å². The van der Waals surface area contributed by atoms with Crippen LogP contribution in [-0.2, 0) is 6.61 Å². The number of hydrogen-bond donors (Lipinski definition) is 1. The van der Waals surface area contributed by atoms with Crippen LogP contribution in [0.5, 0.6) is 5.75 Å². The van der Waals surface area contributed by atoms with Crippen molar-refractivity contribution in [2.45, 2.75) is 13.5 Å². The number of aromatic nitrogens is 1. The maximum absolute atomic E-state index is 5.55. The molecule has 0 saturated carbocycles. The zero-order valence-corrected chi connectivity index (χ0v) is 8.43. The highest BCUT2D eigenvalue weighted by atomic mass is 16.5. The van der Waals surface area contributed by atoms with Gasteiger partial charge in [-0.15, -0.1) is 0 Å². The molecule has 0 fully saturated rings. The van der Waals surface area contributed by atoms with E-state index < -0.39 is 0 Å². The molecule has 0 amide bonds. The van der Waals surface area contributed by atoms with Crippen LogP contribution in [0.1, 0.15) is 11.7 Å². The van der Waals surface area contributed by atoms with Gasteiger partial charge in [-0.2, -0.15) is 0 Å². The number of hydrogen-bond acceptors (Lipinski definition) is 4. The van der Waals surface area contributed by atoms with Crippen LogP contribution in [0.2, 0.25) is 0 Å². The summed E-state index contributed by atoms with van der Waals surface area (Å²) < 4.78 is 10.7. The van der Waals surface area contributed by atoms with E-state index in [0.29, 0.717) is 18.2 Å². The predicted octanol–water partition coefficient (Wildman–Crippen LogP) is 2.14. The van der Waals surface area contributed by atoms with Crippen LogP contribution in [0.3, 0.4) is 0 Å². The summed E-state index contributed by atoms with van der Waals surface area (Å²) in [7, 11) is 0. The molecule has 4 heteroatoms. The van der Waals surface area contributed by atoms with Gasteiger partial charge in [-0.1, -0.05) is 0 Å². The van der Waals surface area contributed by atoms with E-state index in [1.807, 2.05) is 19.1 Å². The van der Waals surface area contributed by atoms with Crippen LogP contribution in [0.25, 0.3) is 0 Å². The fourth-order valence-corrected chi connectivity index (χ4v) is 1.18. The fourth-order valence-electron chi connectivity index (χ4n) is 1.18. The molecular weight excluding hydrogens is 192 g/mol. The third-order valence-electron chi connectivity index (χ3n) is 1.91. The van der Waals surface area contributed by atoms with Crippen molar-refractivity contribution < 1.29 is 9.15 Å². The Balaban J connectivity index is 1.96. The molecule has 0 unspecified atom stereocenters. The molecule has 0 spiro atoms. The van der Waals surface area contributed by atoms with Gasteiger partial charge in [-0.25, -0.2) is 4.98 Å². The Morgan fingerprint density at radius 1 is 1.33 bits per heavy atom. The smallest absolute Gasteiger partial charge is 0.232 e. The molecule has 1 aromatic heterocycles. The Hall–Kier alpha value is -1.97. The first-order valence-electron chi connectivity index (χ1n) is 4.64. The average Bonchev–Trinajstić information content (AvgIpc) is 2.64. The highest BCUT2D eigenvalue weighted by molar-refractivity contribution is 5.41. The lowest BCUT2D eigenvalue weighted by Gasteiger charge is -2.03. The summed E-state index contributed by atoms with van der Waals surface area (Å²) in [5.41, 5.74) is 6.27. The third kappa shape index (κ3) is 2.49. The van der Waals surface area contributed by atoms with E-state index in [1.165, 1.54) is 0 Å². The van der Waals surface area contributed by atoms with Crippen LogP contribution in [-0.4, -0.2) is 4.98 Å².